The van der Waals surface area contributed by atoms with Gasteiger partial charge in [-0.15, -0.1) is 0 Å². The number of para-hydroxylation sites is 1. The van der Waals surface area contributed by atoms with Gasteiger partial charge in [-0.25, -0.2) is 4.98 Å². The molecule has 0 unspecified atom stereocenters. The minimum absolute atomic E-state index is 0.230. The van der Waals surface area contributed by atoms with Crippen LogP contribution in [0.1, 0.15) is 27.4 Å². The van der Waals surface area contributed by atoms with Gasteiger partial charge in [-0.2, -0.15) is 0 Å². The number of anilines is 1. The molecule has 5 aromatic rings. The monoisotopic (exact) mass is 413 g/mol. The maximum atomic E-state index is 13.5. The Labute approximate surface area is 177 Å². The zero-order valence-electron chi connectivity index (χ0n) is 16.6. The molecule has 30 heavy (non-hydrogen) atoms. The molecule has 3 aromatic heterocycles. The number of carbonyl (C=O) groups is 1. The van der Waals surface area contributed by atoms with Crippen LogP contribution in [-0.2, 0) is 6.54 Å². The second-order valence-electron chi connectivity index (χ2n) is 7.23. The third-order valence-corrected chi connectivity index (χ3v) is 6.30. The second kappa shape index (κ2) is 7.39. The van der Waals surface area contributed by atoms with Gasteiger partial charge in [0.05, 0.1) is 22.5 Å². The molecule has 0 bridgehead atoms. The van der Waals surface area contributed by atoms with Gasteiger partial charge in [0.25, 0.3) is 5.91 Å². The number of aromatic nitrogens is 2. The van der Waals surface area contributed by atoms with Gasteiger partial charge in [-0.1, -0.05) is 47.7 Å². The highest BCUT2D eigenvalue weighted by Crippen LogP contribution is 2.34. The van der Waals surface area contributed by atoms with Crippen LogP contribution in [0.3, 0.4) is 0 Å². The van der Waals surface area contributed by atoms with Crippen molar-refractivity contribution in [2.24, 2.45) is 0 Å². The highest BCUT2D eigenvalue weighted by molar-refractivity contribution is 7.22. The Kier molecular flexibility index (Phi) is 4.56. The summed E-state index contributed by atoms with van der Waals surface area (Å²) in [5, 5.41) is 1.54. The number of carbonyl (C=O) groups excluding carboxylic acids is 1. The average molecular weight is 414 g/mol. The van der Waals surface area contributed by atoms with E-state index in [0.717, 1.165) is 32.4 Å². The Morgan fingerprint density at radius 3 is 2.60 bits per heavy atom. The molecule has 2 aromatic carbocycles. The largest absolute Gasteiger partial charge is 0.451 e. The van der Waals surface area contributed by atoms with Gasteiger partial charge in [-0.05, 0) is 49.2 Å². The number of benzene rings is 2. The van der Waals surface area contributed by atoms with Gasteiger partial charge < -0.3 is 4.42 Å². The van der Waals surface area contributed by atoms with Gasteiger partial charge in [0.15, 0.2) is 10.9 Å². The van der Waals surface area contributed by atoms with Gasteiger partial charge in [0.1, 0.15) is 5.58 Å². The molecular weight excluding hydrogens is 394 g/mol. The predicted octanol–water partition coefficient (Wildman–Crippen LogP) is 5.90. The van der Waals surface area contributed by atoms with Gasteiger partial charge in [0, 0.05) is 11.6 Å². The van der Waals surface area contributed by atoms with Gasteiger partial charge in [-0.3, -0.25) is 14.7 Å². The number of pyridine rings is 1. The molecule has 0 aliphatic heterocycles. The quantitative estimate of drug-likeness (QED) is 0.368. The van der Waals surface area contributed by atoms with Crippen molar-refractivity contribution < 1.29 is 9.21 Å². The first-order chi connectivity index (χ1) is 14.6. The summed E-state index contributed by atoms with van der Waals surface area (Å²) >= 11 is 1.52. The maximum absolute atomic E-state index is 13.5. The Morgan fingerprint density at radius 2 is 1.83 bits per heavy atom. The van der Waals surface area contributed by atoms with Crippen LogP contribution in [0, 0.1) is 13.8 Å². The highest BCUT2D eigenvalue weighted by atomic mass is 32.1. The Morgan fingerprint density at radius 1 is 1.03 bits per heavy atom. The van der Waals surface area contributed by atoms with Crippen LogP contribution in [0.25, 0.3) is 21.2 Å². The summed E-state index contributed by atoms with van der Waals surface area (Å²) in [7, 11) is 0. The van der Waals surface area contributed by atoms with Crippen LogP contribution in [0.5, 0.6) is 0 Å². The number of furan rings is 1. The molecule has 0 radical (unpaired) electrons. The fourth-order valence-electron chi connectivity index (χ4n) is 3.46. The molecule has 5 rings (SSSR count). The summed E-state index contributed by atoms with van der Waals surface area (Å²) in [5.74, 6) is 0.0612. The molecule has 0 saturated heterocycles. The standard InChI is InChI=1S/C24H19N3O2S/c1-15-10-11-16(2)22-21(15)26-24(30-22)27(14-18-8-5-6-12-25-18)23(28)20-13-17-7-3-4-9-19(17)29-20/h3-13H,14H2,1-2H3. The second-order valence-corrected chi connectivity index (χ2v) is 8.21. The first kappa shape index (κ1) is 18.5. The molecule has 6 heteroatoms. The molecule has 1 amide bonds. The average Bonchev–Trinajstić information content (AvgIpc) is 3.40. The molecular formula is C24H19N3O2S. The van der Waals surface area contributed by atoms with Gasteiger partial charge in [0.2, 0.25) is 0 Å². The number of hydrogen-bond donors (Lipinski definition) is 0. The highest BCUT2D eigenvalue weighted by Gasteiger charge is 2.25. The number of aryl methyl sites for hydroxylation is 2. The van der Waals surface area contributed by atoms with E-state index in [4.69, 9.17) is 9.40 Å². The number of amides is 1. The number of thiazole rings is 1. The molecule has 0 fully saturated rings. The molecule has 0 atom stereocenters. The normalized spacial score (nSPS) is 11.3. The summed E-state index contributed by atoms with van der Waals surface area (Å²) < 4.78 is 6.95. The molecule has 0 aliphatic rings. The van der Waals surface area contributed by atoms with Crippen molar-refractivity contribution in [3.8, 4) is 0 Å². The number of nitrogens with zero attached hydrogens (tertiary/aromatic N) is 3. The zero-order chi connectivity index (χ0) is 20.7. The zero-order valence-corrected chi connectivity index (χ0v) is 17.4. The maximum Gasteiger partial charge on any atom is 0.296 e. The lowest BCUT2D eigenvalue weighted by molar-refractivity contribution is 0.0960. The van der Waals surface area contributed by atoms with Crippen molar-refractivity contribution in [1.82, 2.24) is 9.97 Å². The molecule has 148 valence electrons. The van der Waals surface area contributed by atoms with E-state index in [9.17, 15) is 4.79 Å². The van der Waals surface area contributed by atoms with Crippen molar-refractivity contribution >= 4 is 43.6 Å². The van der Waals surface area contributed by atoms with E-state index < -0.39 is 0 Å². The number of rotatable bonds is 4. The van der Waals surface area contributed by atoms with Crippen molar-refractivity contribution in [1.29, 1.82) is 0 Å². The van der Waals surface area contributed by atoms with Crippen LogP contribution in [0.4, 0.5) is 5.13 Å². The lowest BCUT2D eigenvalue weighted by Crippen LogP contribution is -2.30. The van der Waals surface area contributed by atoms with E-state index in [-0.39, 0.29) is 5.91 Å². The molecule has 0 saturated carbocycles. The Bertz CT molecular complexity index is 1300. The molecule has 3 heterocycles. The lowest BCUT2D eigenvalue weighted by atomic mass is 10.1. The molecule has 0 spiro atoms. The number of fused-ring (bicyclic) bond motifs is 2. The van der Waals surface area contributed by atoms with Crippen LogP contribution in [0.2, 0.25) is 0 Å². The summed E-state index contributed by atoms with van der Waals surface area (Å²) in [6.07, 6.45) is 1.73. The first-order valence-corrected chi connectivity index (χ1v) is 10.5. The summed E-state index contributed by atoms with van der Waals surface area (Å²) in [6.45, 7) is 4.41. The minimum atomic E-state index is -0.230. The van der Waals surface area contributed by atoms with Crippen molar-refractivity contribution in [2.75, 3.05) is 4.90 Å². The van der Waals surface area contributed by atoms with Crippen LogP contribution in [0.15, 0.2) is 71.3 Å². The Balaban J connectivity index is 1.62. The third kappa shape index (κ3) is 3.25. The summed E-state index contributed by atoms with van der Waals surface area (Å²) in [4.78, 5) is 24.4. The van der Waals surface area contributed by atoms with Crippen LogP contribution < -0.4 is 4.90 Å². The van der Waals surface area contributed by atoms with E-state index in [1.807, 2.05) is 49.4 Å². The Hall–Kier alpha value is -3.51. The number of hydrogen-bond acceptors (Lipinski definition) is 5. The van der Waals surface area contributed by atoms with E-state index in [0.29, 0.717) is 23.0 Å². The predicted molar refractivity (Wildman–Crippen MR) is 120 cm³/mol. The summed E-state index contributed by atoms with van der Waals surface area (Å²) in [5.41, 5.74) is 4.64. The fraction of sp³-hybridized carbons (Fsp3) is 0.125. The molecule has 5 nitrogen and oxygen atoms in total. The molecule has 0 aliphatic carbocycles. The van der Waals surface area contributed by atoms with Crippen molar-refractivity contribution in [2.45, 2.75) is 20.4 Å². The van der Waals surface area contributed by atoms with Gasteiger partial charge >= 0.3 is 0 Å². The lowest BCUT2D eigenvalue weighted by Gasteiger charge is -2.18. The SMILES string of the molecule is Cc1ccc(C)c2sc(N(Cc3ccccn3)C(=O)c3cc4ccccc4o3)nc12. The summed E-state index contributed by atoms with van der Waals surface area (Å²) in [6, 6.07) is 19.2. The third-order valence-electron chi connectivity index (χ3n) is 5.09. The van der Waals surface area contributed by atoms with Crippen molar-refractivity contribution in [3.63, 3.8) is 0 Å². The fourth-order valence-corrected chi connectivity index (χ4v) is 4.57. The molecule has 0 N–H and O–H groups in total. The minimum Gasteiger partial charge on any atom is -0.451 e. The van der Waals surface area contributed by atoms with E-state index in [1.54, 1.807) is 17.2 Å². The van der Waals surface area contributed by atoms with E-state index in [1.165, 1.54) is 11.3 Å². The van der Waals surface area contributed by atoms with Crippen LogP contribution in [-0.4, -0.2) is 15.9 Å². The first-order valence-electron chi connectivity index (χ1n) is 9.67. The van der Waals surface area contributed by atoms with E-state index in [2.05, 4.69) is 24.0 Å². The van der Waals surface area contributed by atoms with Crippen LogP contribution >= 0.6 is 11.3 Å². The smallest absolute Gasteiger partial charge is 0.296 e. The van der Waals surface area contributed by atoms with Crippen molar-refractivity contribution in [3.05, 3.63) is 89.4 Å². The van der Waals surface area contributed by atoms with E-state index >= 15 is 0 Å². The topological polar surface area (TPSA) is 59.2 Å².